The molecule has 0 fully saturated rings. The number of H-pyrrole nitrogens is 1. The van der Waals surface area contributed by atoms with Gasteiger partial charge in [0.25, 0.3) is 11.2 Å². The summed E-state index contributed by atoms with van der Waals surface area (Å²) in [6.07, 6.45) is 1.11. The fourth-order valence-corrected chi connectivity index (χ4v) is 1.63. The highest BCUT2D eigenvalue weighted by Crippen LogP contribution is 2.27. The topological polar surface area (TPSA) is 98.1 Å². The van der Waals surface area contributed by atoms with E-state index in [9.17, 15) is 19.3 Å². The molecule has 0 amide bonds. The summed E-state index contributed by atoms with van der Waals surface area (Å²) in [6.45, 7) is 0. The van der Waals surface area contributed by atoms with E-state index < -0.39 is 22.0 Å². The molecule has 1 N–H and O–H groups in total. The normalized spacial score (nSPS) is 10.2. The fourth-order valence-electron chi connectivity index (χ4n) is 1.23. The SMILES string of the molecule is O=c1[nH]cnc(Oc2ccc([N+](=O)[O-])cc2F)c1I. The van der Waals surface area contributed by atoms with Crippen LogP contribution in [0.1, 0.15) is 0 Å². The molecule has 0 aliphatic carbocycles. The van der Waals surface area contributed by atoms with E-state index >= 15 is 0 Å². The Bertz CT molecular complexity index is 703. The molecule has 2 rings (SSSR count). The fraction of sp³-hybridized carbons (Fsp3) is 0. The van der Waals surface area contributed by atoms with Gasteiger partial charge in [-0.25, -0.2) is 9.37 Å². The van der Waals surface area contributed by atoms with Gasteiger partial charge in [-0.15, -0.1) is 0 Å². The van der Waals surface area contributed by atoms with Crippen molar-refractivity contribution in [1.29, 1.82) is 0 Å². The van der Waals surface area contributed by atoms with Gasteiger partial charge in [-0.3, -0.25) is 14.9 Å². The Morgan fingerprint density at radius 3 is 2.84 bits per heavy atom. The van der Waals surface area contributed by atoms with Gasteiger partial charge >= 0.3 is 0 Å². The highest BCUT2D eigenvalue weighted by Gasteiger charge is 2.14. The van der Waals surface area contributed by atoms with Crippen molar-refractivity contribution in [3.05, 3.63) is 54.4 Å². The van der Waals surface area contributed by atoms with Gasteiger partial charge < -0.3 is 9.72 Å². The molecule has 0 atom stereocenters. The molecule has 0 aliphatic rings. The van der Waals surface area contributed by atoms with Crippen molar-refractivity contribution in [3.63, 3.8) is 0 Å². The molecule has 0 radical (unpaired) electrons. The summed E-state index contributed by atoms with van der Waals surface area (Å²) >= 11 is 1.70. The molecule has 0 saturated carbocycles. The highest BCUT2D eigenvalue weighted by molar-refractivity contribution is 14.1. The summed E-state index contributed by atoms with van der Waals surface area (Å²) in [5.41, 5.74) is -0.814. The van der Waals surface area contributed by atoms with Crippen LogP contribution in [-0.4, -0.2) is 14.9 Å². The Hall–Kier alpha value is -2.04. The van der Waals surface area contributed by atoms with Crippen LogP contribution >= 0.6 is 22.6 Å². The molecule has 0 saturated heterocycles. The Kier molecular flexibility index (Phi) is 3.74. The first-order chi connectivity index (χ1) is 8.99. The Morgan fingerprint density at radius 1 is 1.47 bits per heavy atom. The van der Waals surface area contributed by atoms with E-state index in [-0.39, 0.29) is 15.2 Å². The van der Waals surface area contributed by atoms with E-state index in [0.717, 1.165) is 24.5 Å². The second-order valence-corrected chi connectivity index (χ2v) is 4.40. The zero-order valence-electron chi connectivity index (χ0n) is 9.09. The maximum Gasteiger partial charge on any atom is 0.272 e. The van der Waals surface area contributed by atoms with Crippen molar-refractivity contribution < 1.29 is 14.1 Å². The lowest BCUT2D eigenvalue weighted by Gasteiger charge is -2.06. The molecule has 0 spiro atoms. The average molecular weight is 377 g/mol. The number of aromatic amines is 1. The summed E-state index contributed by atoms with van der Waals surface area (Å²) in [7, 11) is 0. The Labute approximate surface area is 118 Å². The summed E-state index contributed by atoms with van der Waals surface area (Å²) in [6, 6.07) is 2.93. The number of hydrogen-bond acceptors (Lipinski definition) is 5. The van der Waals surface area contributed by atoms with Crippen molar-refractivity contribution in [1.82, 2.24) is 9.97 Å². The molecule has 98 valence electrons. The summed E-state index contributed by atoms with van der Waals surface area (Å²) in [5.74, 6) is -1.23. The number of nitrogens with one attached hydrogen (secondary N) is 1. The van der Waals surface area contributed by atoms with Crippen molar-refractivity contribution in [2.75, 3.05) is 0 Å². The first-order valence-electron chi connectivity index (χ1n) is 4.84. The molecule has 19 heavy (non-hydrogen) atoms. The first kappa shape index (κ1) is 13.4. The van der Waals surface area contributed by atoms with Crippen molar-refractivity contribution in [3.8, 4) is 11.6 Å². The van der Waals surface area contributed by atoms with Gasteiger partial charge in [0.2, 0.25) is 5.88 Å². The molecule has 2 aromatic rings. The van der Waals surface area contributed by atoms with Gasteiger partial charge in [0.1, 0.15) is 3.57 Å². The zero-order valence-corrected chi connectivity index (χ0v) is 11.3. The molecule has 9 heteroatoms. The first-order valence-corrected chi connectivity index (χ1v) is 5.92. The standard InChI is InChI=1S/C10H5FIN3O4/c11-6-3-5(15(17)18)1-2-7(6)19-10-8(12)9(16)13-4-14-10/h1-4H,(H,13,14,16). The third-order valence-electron chi connectivity index (χ3n) is 2.10. The van der Waals surface area contributed by atoms with Crippen LogP contribution in [0.2, 0.25) is 0 Å². The van der Waals surface area contributed by atoms with Crippen LogP contribution in [0.3, 0.4) is 0 Å². The number of non-ortho nitro benzene ring substituents is 1. The minimum atomic E-state index is -0.910. The molecule has 0 unspecified atom stereocenters. The number of nitro benzene ring substituents is 1. The van der Waals surface area contributed by atoms with E-state index in [1.54, 1.807) is 22.6 Å². The summed E-state index contributed by atoms with van der Waals surface area (Å²) < 4.78 is 18.9. The van der Waals surface area contributed by atoms with Gasteiger partial charge in [0.15, 0.2) is 11.6 Å². The van der Waals surface area contributed by atoms with Crippen LogP contribution in [0, 0.1) is 19.5 Å². The molecule has 0 bridgehead atoms. The lowest BCUT2D eigenvalue weighted by atomic mass is 10.3. The smallest absolute Gasteiger partial charge is 0.272 e. The molecule has 7 nitrogen and oxygen atoms in total. The number of nitro groups is 1. The highest BCUT2D eigenvalue weighted by atomic mass is 127. The van der Waals surface area contributed by atoms with Crippen molar-refractivity contribution in [2.24, 2.45) is 0 Å². The second-order valence-electron chi connectivity index (χ2n) is 3.32. The third kappa shape index (κ3) is 2.86. The van der Waals surface area contributed by atoms with Gasteiger partial charge in [-0.2, -0.15) is 0 Å². The predicted molar refractivity (Wildman–Crippen MR) is 70.7 cm³/mol. The van der Waals surface area contributed by atoms with E-state index in [1.165, 1.54) is 0 Å². The minimum Gasteiger partial charge on any atom is -0.435 e. The van der Waals surface area contributed by atoms with Gasteiger partial charge in [0, 0.05) is 6.07 Å². The molecule has 1 aromatic carbocycles. The van der Waals surface area contributed by atoms with Crippen LogP contribution in [0.5, 0.6) is 11.6 Å². The van der Waals surface area contributed by atoms with Crippen LogP contribution in [0.4, 0.5) is 10.1 Å². The summed E-state index contributed by atoms with van der Waals surface area (Å²) in [4.78, 5) is 27.1. The van der Waals surface area contributed by atoms with E-state index in [4.69, 9.17) is 4.74 Å². The van der Waals surface area contributed by atoms with Crippen LogP contribution in [0.15, 0.2) is 29.3 Å². The number of rotatable bonds is 3. The van der Waals surface area contributed by atoms with Crippen molar-refractivity contribution in [2.45, 2.75) is 0 Å². The number of benzene rings is 1. The molecule has 1 heterocycles. The van der Waals surface area contributed by atoms with Crippen LogP contribution < -0.4 is 10.3 Å². The van der Waals surface area contributed by atoms with E-state index in [2.05, 4.69) is 9.97 Å². The Morgan fingerprint density at radius 2 is 2.21 bits per heavy atom. The quantitative estimate of drug-likeness (QED) is 0.503. The van der Waals surface area contributed by atoms with Gasteiger partial charge in [-0.1, -0.05) is 0 Å². The number of ether oxygens (including phenoxy) is 1. The average Bonchev–Trinajstić information content (AvgIpc) is 2.37. The lowest BCUT2D eigenvalue weighted by Crippen LogP contribution is -2.11. The summed E-state index contributed by atoms with van der Waals surface area (Å²) in [5, 5.41) is 10.5. The van der Waals surface area contributed by atoms with Crippen LogP contribution in [-0.2, 0) is 0 Å². The largest absolute Gasteiger partial charge is 0.435 e. The third-order valence-corrected chi connectivity index (χ3v) is 3.05. The number of aromatic nitrogens is 2. The van der Waals surface area contributed by atoms with Crippen molar-refractivity contribution >= 4 is 28.3 Å². The maximum atomic E-state index is 13.6. The monoisotopic (exact) mass is 377 g/mol. The molecular weight excluding hydrogens is 372 g/mol. The molecule has 1 aromatic heterocycles. The van der Waals surface area contributed by atoms with Crippen LogP contribution in [0.25, 0.3) is 0 Å². The van der Waals surface area contributed by atoms with Gasteiger partial charge in [0.05, 0.1) is 17.3 Å². The van der Waals surface area contributed by atoms with Gasteiger partial charge in [-0.05, 0) is 28.7 Å². The zero-order chi connectivity index (χ0) is 14.0. The number of hydrogen-bond donors (Lipinski definition) is 1. The minimum absolute atomic E-state index is 0.0721. The Balaban J connectivity index is 2.36. The molecular formula is C10H5FIN3O4. The number of halogens is 2. The lowest BCUT2D eigenvalue weighted by molar-refractivity contribution is -0.385. The number of nitrogens with zero attached hydrogens (tertiary/aromatic N) is 2. The maximum absolute atomic E-state index is 13.6. The second kappa shape index (κ2) is 5.30. The predicted octanol–water partition coefficient (Wildman–Crippen LogP) is 2.21. The molecule has 0 aliphatic heterocycles. The van der Waals surface area contributed by atoms with E-state index in [0.29, 0.717) is 0 Å². The van der Waals surface area contributed by atoms with E-state index in [1.807, 2.05) is 0 Å².